The van der Waals surface area contributed by atoms with E-state index in [0.29, 0.717) is 12.2 Å². The molecule has 1 aliphatic rings. The molecule has 0 atom stereocenters. The van der Waals surface area contributed by atoms with Gasteiger partial charge in [-0.25, -0.2) is 4.98 Å². The van der Waals surface area contributed by atoms with Crippen molar-refractivity contribution in [1.29, 1.82) is 0 Å². The van der Waals surface area contributed by atoms with Gasteiger partial charge >= 0.3 is 0 Å². The normalized spacial score (nSPS) is 16.9. The van der Waals surface area contributed by atoms with Crippen molar-refractivity contribution >= 4 is 5.91 Å². The van der Waals surface area contributed by atoms with Crippen LogP contribution in [0.1, 0.15) is 16.2 Å². The molecule has 1 aliphatic heterocycles. The molecule has 0 bridgehead atoms. The van der Waals surface area contributed by atoms with E-state index in [4.69, 9.17) is 5.73 Å². The first-order valence-electron chi connectivity index (χ1n) is 6.21. The van der Waals surface area contributed by atoms with Crippen molar-refractivity contribution in [1.82, 2.24) is 19.8 Å². The monoisotopic (exact) mass is 249 g/mol. The summed E-state index contributed by atoms with van der Waals surface area (Å²) in [4.78, 5) is 24.5. The summed E-state index contributed by atoms with van der Waals surface area (Å²) >= 11 is 0. The Morgan fingerprint density at radius 3 is 2.56 bits per heavy atom. The van der Waals surface area contributed by atoms with Crippen LogP contribution in [0.25, 0.3) is 0 Å². The number of carbonyl (C=O) groups is 1. The molecule has 1 fully saturated rings. The number of aromatic nitrogens is 2. The zero-order valence-electron chi connectivity index (χ0n) is 10.7. The van der Waals surface area contributed by atoms with E-state index in [1.165, 1.54) is 0 Å². The number of piperazine rings is 1. The van der Waals surface area contributed by atoms with E-state index < -0.39 is 0 Å². The van der Waals surface area contributed by atoms with Crippen LogP contribution < -0.4 is 5.73 Å². The molecule has 18 heavy (non-hydrogen) atoms. The van der Waals surface area contributed by atoms with Gasteiger partial charge in [-0.05, 0) is 6.92 Å². The Bertz CT molecular complexity index is 397. The van der Waals surface area contributed by atoms with Crippen LogP contribution in [-0.4, -0.2) is 64.9 Å². The van der Waals surface area contributed by atoms with E-state index in [-0.39, 0.29) is 5.91 Å². The van der Waals surface area contributed by atoms with Crippen LogP contribution in [0.15, 0.2) is 12.4 Å². The van der Waals surface area contributed by atoms with Gasteiger partial charge in [-0.1, -0.05) is 0 Å². The molecule has 1 aromatic rings. The van der Waals surface area contributed by atoms with E-state index in [0.717, 1.165) is 38.4 Å². The highest BCUT2D eigenvalue weighted by atomic mass is 16.2. The van der Waals surface area contributed by atoms with Crippen LogP contribution in [0, 0.1) is 6.92 Å². The average Bonchev–Trinajstić information content (AvgIpc) is 2.40. The highest BCUT2D eigenvalue weighted by Gasteiger charge is 2.22. The zero-order valence-corrected chi connectivity index (χ0v) is 10.7. The fraction of sp³-hybridized carbons (Fsp3) is 0.583. The average molecular weight is 249 g/mol. The number of nitrogens with zero attached hydrogens (tertiary/aromatic N) is 4. The van der Waals surface area contributed by atoms with Gasteiger partial charge < -0.3 is 10.6 Å². The van der Waals surface area contributed by atoms with Crippen molar-refractivity contribution in [3.8, 4) is 0 Å². The summed E-state index contributed by atoms with van der Waals surface area (Å²) < 4.78 is 0. The lowest BCUT2D eigenvalue weighted by Crippen LogP contribution is -2.49. The minimum absolute atomic E-state index is 0.0325. The van der Waals surface area contributed by atoms with Crippen molar-refractivity contribution in [2.45, 2.75) is 6.92 Å². The maximum absolute atomic E-state index is 12.2. The number of carbonyl (C=O) groups excluding carboxylic acids is 1. The van der Waals surface area contributed by atoms with Crippen molar-refractivity contribution in [2.75, 3.05) is 39.3 Å². The molecule has 6 heteroatoms. The van der Waals surface area contributed by atoms with E-state index >= 15 is 0 Å². The third-order valence-electron chi connectivity index (χ3n) is 3.10. The minimum Gasteiger partial charge on any atom is -0.335 e. The van der Waals surface area contributed by atoms with Gasteiger partial charge in [-0.3, -0.25) is 14.7 Å². The fourth-order valence-corrected chi connectivity index (χ4v) is 2.02. The minimum atomic E-state index is -0.0325. The second-order valence-corrected chi connectivity index (χ2v) is 4.47. The molecular weight excluding hydrogens is 230 g/mol. The standard InChI is InChI=1S/C12H19N5O/c1-10-8-15-11(9-14-10)12(18)17-6-4-16(3-2-13)5-7-17/h8-9H,2-7,13H2,1H3. The lowest BCUT2D eigenvalue weighted by atomic mass is 10.2. The topological polar surface area (TPSA) is 75.4 Å². The first-order chi connectivity index (χ1) is 8.70. The number of nitrogens with two attached hydrogens (primary N) is 1. The molecule has 2 rings (SSSR count). The quantitative estimate of drug-likeness (QED) is 0.781. The lowest BCUT2D eigenvalue weighted by molar-refractivity contribution is 0.0634. The van der Waals surface area contributed by atoms with Crippen molar-refractivity contribution in [2.24, 2.45) is 5.73 Å². The molecule has 6 nitrogen and oxygen atoms in total. The van der Waals surface area contributed by atoms with Crippen LogP contribution in [-0.2, 0) is 0 Å². The molecule has 0 aromatic carbocycles. The number of amides is 1. The van der Waals surface area contributed by atoms with Crippen LogP contribution in [0.2, 0.25) is 0 Å². The van der Waals surface area contributed by atoms with E-state index in [1.54, 1.807) is 12.4 Å². The Morgan fingerprint density at radius 1 is 1.28 bits per heavy atom. The summed E-state index contributed by atoms with van der Waals surface area (Å²) in [5.74, 6) is -0.0325. The van der Waals surface area contributed by atoms with E-state index in [9.17, 15) is 4.79 Å². The highest BCUT2D eigenvalue weighted by molar-refractivity contribution is 5.92. The third kappa shape index (κ3) is 3.02. The molecule has 0 aliphatic carbocycles. The molecule has 0 saturated carbocycles. The molecule has 1 saturated heterocycles. The van der Waals surface area contributed by atoms with Crippen molar-refractivity contribution in [3.63, 3.8) is 0 Å². The number of rotatable bonds is 3. The number of aryl methyl sites for hydroxylation is 1. The number of hydrogen-bond donors (Lipinski definition) is 1. The second-order valence-electron chi connectivity index (χ2n) is 4.47. The van der Waals surface area contributed by atoms with Gasteiger partial charge in [-0.2, -0.15) is 0 Å². The molecule has 0 radical (unpaired) electrons. The van der Waals surface area contributed by atoms with Crippen LogP contribution in [0.5, 0.6) is 0 Å². The molecule has 0 spiro atoms. The zero-order chi connectivity index (χ0) is 13.0. The number of hydrogen-bond acceptors (Lipinski definition) is 5. The second kappa shape index (κ2) is 5.88. The van der Waals surface area contributed by atoms with Gasteiger partial charge in [0.15, 0.2) is 0 Å². The Balaban J connectivity index is 1.93. The maximum atomic E-state index is 12.2. The van der Waals surface area contributed by atoms with Gasteiger partial charge in [-0.15, -0.1) is 0 Å². The summed E-state index contributed by atoms with van der Waals surface area (Å²) in [6.07, 6.45) is 3.17. The lowest BCUT2D eigenvalue weighted by Gasteiger charge is -2.34. The summed E-state index contributed by atoms with van der Waals surface area (Å²) in [7, 11) is 0. The highest BCUT2D eigenvalue weighted by Crippen LogP contribution is 2.06. The Hall–Kier alpha value is -1.53. The SMILES string of the molecule is Cc1cnc(C(=O)N2CCN(CCN)CC2)cn1. The van der Waals surface area contributed by atoms with E-state index in [2.05, 4.69) is 14.9 Å². The largest absolute Gasteiger partial charge is 0.335 e. The Kier molecular flexibility index (Phi) is 4.22. The van der Waals surface area contributed by atoms with Crippen LogP contribution in [0.3, 0.4) is 0 Å². The van der Waals surface area contributed by atoms with Gasteiger partial charge in [0.1, 0.15) is 5.69 Å². The summed E-state index contributed by atoms with van der Waals surface area (Å²) in [5.41, 5.74) is 6.76. The van der Waals surface area contributed by atoms with Gasteiger partial charge in [0.25, 0.3) is 5.91 Å². The Labute approximate surface area is 107 Å². The molecule has 2 heterocycles. The maximum Gasteiger partial charge on any atom is 0.274 e. The van der Waals surface area contributed by atoms with Crippen molar-refractivity contribution in [3.05, 3.63) is 23.8 Å². The van der Waals surface area contributed by atoms with Gasteiger partial charge in [0.05, 0.1) is 11.9 Å². The first kappa shape index (κ1) is 12.9. The molecular formula is C12H19N5O. The Morgan fingerprint density at radius 2 is 2.00 bits per heavy atom. The summed E-state index contributed by atoms with van der Waals surface area (Å²) in [6, 6.07) is 0. The molecule has 2 N–H and O–H groups in total. The van der Waals surface area contributed by atoms with Crippen LogP contribution in [0.4, 0.5) is 0 Å². The first-order valence-corrected chi connectivity index (χ1v) is 6.21. The van der Waals surface area contributed by atoms with E-state index in [1.807, 2.05) is 11.8 Å². The fourth-order valence-electron chi connectivity index (χ4n) is 2.02. The molecule has 98 valence electrons. The summed E-state index contributed by atoms with van der Waals surface area (Å²) in [6.45, 7) is 6.63. The molecule has 1 amide bonds. The summed E-state index contributed by atoms with van der Waals surface area (Å²) in [5, 5.41) is 0. The van der Waals surface area contributed by atoms with Crippen LogP contribution >= 0.6 is 0 Å². The predicted molar refractivity (Wildman–Crippen MR) is 68.2 cm³/mol. The van der Waals surface area contributed by atoms with Gasteiger partial charge in [0, 0.05) is 45.5 Å². The van der Waals surface area contributed by atoms with Crippen molar-refractivity contribution < 1.29 is 4.79 Å². The van der Waals surface area contributed by atoms with Gasteiger partial charge in [0.2, 0.25) is 0 Å². The smallest absolute Gasteiger partial charge is 0.274 e. The third-order valence-corrected chi connectivity index (χ3v) is 3.10. The predicted octanol–water partition coefficient (Wildman–Crippen LogP) is -0.498. The molecule has 0 unspecified atom stereocenters. The molecule has 1 aromatic heterocycles.